The summed E-state index contributed by atoms with van der Waals surface area (Å²) in [6.45, 7) is 2.58. The van der Waals surface area contributed by atoms with E-state index in [9.17, 15) is 0 Å². The molecule has 100 valence electrons. The Morgan fingerprint density at radius 2 is 1.95 bits per heavy atom. The van der Waals surface area contributed by atoms with Crippen molar-refractivity contribution in [3.63, 3.8) is 0 Å². The van der Waals surface area contributed by atoms with Gasteiger partial charge in [0.1, 0.15) is 5.82 Å². The van der Waals surface area contributed by atoms with Gasteiger partial charge in [-0.1, -0.05) is 22.0 Å². The molecule has 0 radical (unpaired) electrons. The Bertz CT molecular complexity index is 594. The fraction of sp³-hybridized carbons (Fsp3) is 0.267. The van der Waals surface area contributed by atoms with E-state index < -0.39 is 0 Å². The third-order valence-corrected chi connectivity index (χ3v) is 3.64. The predicted octanol–water partition coefficient (Wildman–Crippen LogP) is 3.34. The first-order chi connectivity index (χ1) is 9.04. The lowest BCUT2D eigenvalue weighted by molar-refractivity contribution is 0.988. The number of anilines is 1. The molecular weight excluding hydrogens is 302 g/mol. The maximum absolute atomic E-state index is 5.94. The SMILES string of the molecule is Cc1ccc(Br)cc1-c1ccnc(N(C)C)c1CN. The van der Waals surface area contributed by atoms with E-state index in [1.165, 1.54) is 11.1 Å². The van der Waals surface area contributed by atoms with Gasteiger partial charge >= 0.3 is 0 Å². The van der Waals surface area contributed by atoms with Crippen LogP contribution in [0.4, 0.5) is 5.82 Å². The van der Waals surface area contributed by atoms with Gasteiger partial charge in [0.15, 0.2) is 0 Å². The summed E-state index contributed by atoms with van der Waals surface area (Å²) < 4.78 is 1.07. The number of rotatable bonds is 3. The molecule has 0 saturated heterocycles. The largest absolute Gasteiger partial charge is 0.362 e. The van der Waals surface area contributed by atoms with Gasteiger partial charge in [-0.3, -0.25) is 0 Å². The van der Waals surface area contributed by atoms with Gasteiger partial charge in [-0.15, -0.1) is 0 Å². The molecule has 3 nitrogen and oxygen atoms in total. The van der Waals surface area contributed by atoms with Gasteiger partial charge < -0.3 is 10.6 Å². The zero-order chi connectivity index (χ0) is 14.0. The molecule has 0 aliphatic heterocycles. The number of nitrogens with zero attached hydrogens (tertiary/aromatic N) is 2. The number of nitrogens with two attached hydrogens (primary N) is 1. The normalized spacial score (nSPS) is 10.6. The molecule has 2 rings (SSSR count). The van der Waals surface area contributed by atoms with Gasteiger partial charge in [-0.25, -0.2) is 4.98 Å². The highest BCUT2D eigenvalue weighted by atomic mass is 79.9. The maximum Gasteiger partial charge on any atom is 0.133 e. The number of benzene rings is 1. The van der Waals surface area contributed by atoms with Gasteiger partial charge in [0.25, 0.3) is 0 Å². The summed E-state index contributed by atoms with van der Waals surface area (Å²) in [5, 5.41) is 0. The Labute approximate surface area is 122 Å². The number of hydrogen-bond acceptors (Lipinski definition) is 3. The smallest absolute Gasteiger partial charge is 0.133 e. The second-order valence-electron chi connectivity index (χ2n) is 4.72. The topological polar surface area (TPSA) is 42.2 Å². The molecule has 0 saturated carbocycles. The number of halogens is 1. The highest BCUT2D eigenvalue weighted by Gasteiger charge is 2.13. The summed E-state index contributed by atoms with van der Waals surface area (Å²) in [6, 6.07) is 8.32. The summed E-state index contributed by atoms with van der Waals surface area (Å²) in [6.07, 6.45) is 1.84. The molecule has 19 heavy (non-hydrogen) atoms. The van der Waals surface area contributed by atoms with Crippen molar-refractivity contribution in [2.24, 2.45) is 5.73 Å². The highest BCUT2D eigenvalue weighted by molar-refractivity contribution is 9.10. The molecule has 0 amide bonds. The summed E-state index contributed by atoms with van der Waals surface area (Å²) in [5.41, 5.74) is 10.6. The van der Waals surface area contributed by atoms with E-state index in [2.05, 4.69) is 46.0 Å². The van der Waals surface area contributed by atoms with Crippen LogP contribution in [0.15, 0.2) is 34.9 Å². The number of aromatic nitrogens is 1. The van der Waals surface area contributed by atoms with Gasteiger partial charge in [-0.05, 0) is 41.8 Å². The molecular formula is C15H18BrN3. The summed E-state index contributed by atoms with van der Waals surface area (Å²) in [4.78, 5) is 6.42. The average Bonchev–Trinajstić information content (AvgIpc) is 2.40. The van der Waals surface area contributed by atoms with Crippen molar-refractivity contribution in [1.82, 2.24) is 4.98 Å². The first-order valence-electron chi connectivity index (χ1n) is 6.16. The van der Waals surface area contributed by atoms with Crippen LogP contribution in [0.5, 0.6) is 0 Å². The van der Waals surface area contributed by atoms with Gasteiger partial charge in [0, 0.05) is 36.9 Å². The maximum atomic E-state index is 5.94. The van der Waals surface area contributed by atoms with Crippen molar-refractivity contribution in [3.05, 3.63) is 46.1 Å². The van der Waals surface area contributed by atoms with Crippen molar-refractivity contribution in [2.75, 3.05) is 19.0 Å². The minimum absolute atomic E-state index is 0.475. The molecule has 2 N–H and O–H groups in total. The van der Waals surface area contributed by atoms with Crippen LogP contribution in [0.3, 0.4) is 0 Å². The molecule has 1 aromatic carbocycles. The van der Waals surface area contributed by atoms with Crippen LogP contribution in [0.1, 0.15) is 11.1 Å². The third-order valence-electron chi connectivity index (χ3n) is 3.15. The molecule has 0 spiro atoms. The average molecular weight is 320 g/mol. The Hall–Kier alpha value is -1.39. The van der Waals surface area contributed by atoms with Crippen molar-refractivity contribution in [3.8, 4) is 11.1 Å². The van der Waals surface area contributed by atoms with E-state index in [-0.39, 0.29) is 0 Å². The fourth-order valence-corrected chi connectivity index (χ4v) is 2.57. The fourth-order valence-electron chi connectivity index (χ4n) is 2.20. The first kappa shape index (κ1) is 14.0. The van der Waals surface area contributed by atoms with Crippen molar-refractivity contribution >= 4 is 21.7 Å². The van der Waals surface area contributed by atoms with Gasteiger partial charge in [0.05, 0.1) is 0 Å². The molecule has 0 atom stereocenters. The third kappa shape index (κ3) is 2.80. The van der Waals surface area contributed by atoms with Crippen LogP contribution >= 0.6 is 15.9 Å². The summed E-state index contributed by atoms with van der Waals surface area (Å²) in [7, 11) is 3.97. The van der Waals surface area contributed by atoms with E-state index in [1.807, 2.05) is 31.3 Å². The molecule has 4 heteroatoms. The Balaban J connectivity index is 2.68. The Morgan fingerprint density at radius 3 is 2.58 bits per heavy atom. The lowest BCUT2D eigenvalue weighted by Crippen LogP contribution is -2.15. The van der Waals surface area contributed by atoms with Crippen LogP contribution in [-0.2, 0) is 6.54 Å². The van der Waals surface area contributed by atoms with Crippen LogP contribution in [0.25, 0.3) is 11.1 Å². The standard InChI is InChI=1S/C15H18BrN3/c1-10-4-5-11(16)8-13(10)12-6-7-18-15(19(2)3)14(12)9-17/h4-8H,9,17H2,1-3H3. The molecule has 0 aliphatic carbocycles. The van der Waals surface area contributed by atoms with Crippen LogP contribution in [0.2, 0.25) is 0 Å². The zero-order valence-electron chi connectivity index (χ0n) is 11.4. The molecule has 0 fully saturated rings. The van der Waals surface area contributed by atoms with E-state index >= 15 is 0 Å². The highest BCUT2D eigenvalue weighted by Crippen LogP contribution is 2.32. The molecule has 0 bridgehead atoms. The first-order valence-corrected chi connectivity index (χ1v) is 6.95. The van der Waals surface area contributed by atoms with Crippen LogP contribution in [0, 0.1) is 6.92 Å². The molecule has 1 aromatic heterocycles. The second kappa shape index (κ2) is 5.72. The monoisotopic (exact) mass is 319 g/mol. The van der Waals surface area contributed by atoms with Crippen molar-refractivity contribution in [2.45, 2.75) is 13.5 Å². The summed E-state index contributed by atoms with van der Waals surface area (Å²) >= 11 is 3.53. The van der Waals surface area contributed by atoms with E-state index in [1.54, 1.807) is 0 Å². The van der Waals surface area contributed by atoms with Crippen LogP contribution < -0.4 is 10.6 Å². The lowest BCUT2D eigenvalue weighted by atomic mass is 9.97. The van der Waals surface area contributed by atoms with Crippen molar-refractivity contribution in [1.29, 1.82) is 0 Å². The Kier molecular flexibility index (Phi) is 4.22. The van der Waals surface area contributed by atoms with Crippen molar-refractivity contribution < 1.29 is 0 Å². The minimum atomic E-state index is 0.475. The Morgan fingerprint density at radius 1 is 1.21 bits per heavy atom. The minimum Gasteiger partial charge on any atom is -0.362 e. The van der Waals surface area contributed by atoms with E-state index in [0.29, 0.717) is 6.54 Å². The summed E-state index contributed by atoms with van der Waals surface area (Å²) in [5.74, 6) is 0.930. The van der Waals surface area contributed by atoms with Gasteiger partial charge in [-0.2, -0.15) is 0 Å². The molecule has 0 aliphatic rings. The van der Waals surface area contributed by atoms with Crippen LogP contribution in [-0.4, -0.2) is 19.1 Å². The molecule has 0 unspecified atom stereocenters. The van der Waals surface area contributed by atoms with Gasteiger partial charge in [0.2, 0.25) is 0 Å². The number of hydrogen-bond donors (Lipinski definition) is 1. The zero-order valence-corrected chi connectivity index (χ0v) is 13.0. The molecule has 2 aromatic rings. The quantitative estimate of drug-likeness (QED) is 0.943. The lowest BCUT2D eigenvalue weighted by Gasteiger charge is -2.19. The number of pyridine rings is 1. The number of aryl methyl sites for hydroxylation is 1. The van der Waals surface area contributed by atoms with E-state index in [4.69, 9.17) is 5.73 Å². The second-order valence-corrected chi connectivity index (χ2v) is 5.63. The predicted molar refractivity (Wildman–Crippen MR) is 84.3 cm³/mol. The van der Waals surface area contributed by atoms with E-state index in [0.717, 1.165) is 21.4 Å². The molecule has 1 heterocycles.